The van der Waals surface area contributed by atoms with E-state index in [0.29, 0.717) is 6.54 Å². The quantitative estimate of drug-likeness (QED) is 0.326. The Morgan fingerprint density at radius 3 is 3.06 bits per heavy atom. The van der Waals surface area contributed by atoms with Crippen LogP contribution < -0.4 is 0 Å². The summed E-state index contributed by atoms with van der Waals surface area (Å²) in [6.07, 6.45) is 2.70. The molecule has 0 radical (unpaired) electrons. The van der Waals surface area contributed by atoms with Gasteiger partial charge in [0.15, 0.2) is 0 Å². The van der Waals surface area contributed by atoms with Gasteiger partial charge >= 0.3 is 0 Å². The van der Waals surface area contributed by atoms with Gasteiger partial charge in [0.05, 0.1) is 0 Å². The van der Waals surface area contributed by atoms with Gasteiger partial charge in [-0.25, -0.2) is 4.39 Å². The summed E-state index contributed by atoms with van der Waals surface area (Å²) in [6.45, 7) is 1.26. The van der Waals surface area contributed by atoms with Crippen LogP contribution >= 0.6 is 0 Å². The first-order chi connectivity index (χ1) is 7.81. The van der Waals surface area contributed by atoms with Crippen LogP contribution in [0.3, 0.4) is 0 Å². The molecule has 82 valence electrons. The van der Waals surface area contributed by atoms with Crippen LogP contribution in [0.1, 0.15) is 6.42 Å². The van der Waals surface area contributed by atoms with Gasteiger partial charge in [-0.15, -0.1) is 0 Å². The van der Waals surface area contributed by atoms with Gasteiger partial charge in [-0.2, -0.15) is 0 Å². The van der Waals surface area contributed by atoms with Crippen molar-refractivity contribution in [3.63, 3.8) is 0 Å². The normalized spacial score (nSPS) is 10.3. The van der Waals surface area contributed by atoms with Gasteiger partial charge in [-0.1, -0.05) is 5.11 Å². The Morgan fingerprint density at radius 2 is 2.25 bits per heavy atom. The monoisotopic (exact) mass is 218 g/mol. The molecule has 2 rings (SSSR count). The van der Waals surface area contributed by atoms with Crippen molar-refractivity contribution in [3.05, 3.63) is 46.7 Å². The number of fused-ring (bicyclic) bond motifs is 1. The fourth-order valence-electron chi connectivity index (χ4n) is 1.72. The first kappa shape index (κ1) is 10.5. The van der Waals surface area contributed by atoms with E-state index in [2.05, 4.69) is 10.0 Å². The second-order valence-electron chi connectivity index (χ2n) is 3.52. The van der Waals surface area contributed by atoms with E-state index in [9.17, 15) is 4.39 Å². The lowest BCUT2D eigenvalue weighted by molar-refractivity contribution is 0.629. The Balaban J connectivity index is 2.15. The summed E-state index contributed by atoms with van der Waals surface area (Å²) in [7, 11) is 0. The highest BCUT2D eigenvalue weighted by atomic mass is 19.1. The van der Waals surface area contributed by atoms with Crippen LogP contribution in [0.25, 0.3) is 21.3 Å². The molecule has 2 aromatic rings. The minimum Gasteiger partial charge on any atom is -0.347 e. The van der Waals surface area contributed by atoms with E-state index in [4.69, 9.17) is 5.53 Å². The van der Waals surface area contributed by atoms with Crippen LogP contribution in [-0.2, 0) is 6.54 Å². The van der Waals surface area contributed by atoms with Crippen LogP contribution in [-0.4, -0.2) is 11.1 Å². The van der Waals surface area contributed by atoms with Gasteiger partial charge < -0.3 is 4.57 Å². The lowest BCUT2D eigenvalue weighted by Gasteiger charge is -2.03. The molecule has 0 amide bonds. The van der Waals surface area contributed by atoms with E-state index in [1.807, 2.05) is 16.8 Å². The zero-order valence-corrected chi connectivity index (χ0v) is 8.67. The number of nitrogens with zero attached hydrogens (tertiary/aromatic N) is 4. The van der Waals surface area contributed by atoms with Crippen molar-refractivity contribution in [3.8, 4) is 0 Å². The van der Waals surface area contributed by atoms with Crippen molar-refractivity contribution in [2.45, 2.75) is 13.0 Å². The molecular weight excluding hydrogens is 207 g/mol. The van der Waals surface area contributed by atoms with Crippen molar-refractivity contribution in [2.75, 3.05) is 6.54 Å². The van der Waals surface area contributed by atoms with Gasteiger partial charge in [0.1, 0.15) is 5.82 Å². The van der Waals surface area contributed by atoms with Crippen molar-refractivity contribution in [2.24, 2.45) is 5.11 Å². The lowest BCUT2D eigenvalue weighted by Crippen LogP contribution is -1.97. The number of hydrogen-bond acceptors (Lipinski definition) is 1. The number of halogens is 1. The molecule has 0 N–H and O–H groups in total. The molecule has 0 fully saturated rings. The molecule has 0 atom stereocenters. The summed E-state index contributed by atoms with van der Waals surface area (Å²) >= 11 is 0. The molecule has 4 nitrogen and oxygen atoms in total. The van der Waals surface area contributed by atoms with Crippen LogP contribution in [0.15, 0.2) is 35.6 Å². The summed E-state index contributed by atoms with van der Waals surface area (Å²) in [5, 5.41) is 4.37. The van der Waals surface area contributed by atoms with Crippen molar-refractivity contribution in [1.29, 1.82) is 0 Å². The summed E-state index contributed by atoms with van der Waals surface area (Å²) in [6, 6.07) is 6.61. The summed E-state index contributed by atoms with van der Waals surface area (Å²) in [5.74, 6) is -0.223. The number of benzene rings is 1. The zero-order valence-electron chi connectivity index (χ0n) is 8.67. The standard InChI is InChI=1S/C11H11FN4/c12-10-2-3-11-9(8-10)4-7-16(11)6-1-5-14-15-13/h2-4,7-8H,1,5-6H2. The van der Waals surface area contributed by atoms with Crippen molar-refractivity contribution in [1.82, 2.24) is 4.57 Å². The second-order valence-corrected chi connectivity index (χ2v) is 3.52. The largest absolute Gasteiger partial charge is 0.347 e. The molecule has 1 heterocycles. The van der Waals surface area contributed by atoms with Gasteiger partial charge in [0.2, 0.25) is 0 Å². The van der Waals surface area contributed by atoms with E-state index >= 15 is 0 Å². The van der Waals surface area contributed by atoms with E-state index in [1.165, 1.54) is 12.1 Å². The fourth-order valence-corrected chi connectivity index (χ4v) is 1.72. The van der Waals surface area contributed by atoms with Gasteiger partial charge in [0, 0.05) is 35.1 Å². The summed E-state index contributed by atoms with van der Waals surface area (Å²) in [5.41, 5.74) is 9.14. The molecule has 0 aliphatic carbocycles. The van der Waals surface area contributed by atoms with E-state index < -0.39 is 0 Å². The molecular formula is C11H11FN4. The zero-order chi connectivity index (χ0) is 11.4. The molecule has 5 heteroatoms. The van der Waals surface area contributed by atoms with Gasteiger partial charge in [-0.3, -0.25) is 0 Å². The second kappa shape index (κ2) is 4.68. The minimum atomic E-state index is -0.223. The maximum absolute atomic E-state index is 12.9. The molecule has 16 heavy (non-hydrogen) atoms. The average molecular weight is 218 g/mol. The highest BCUT2D eigenvalue weighted by Gasteiger charge is 2.01. The number of aryl methyl sites for hydroxylation is 1. The molecule has 0 unspecified atom stereocenters. The first-order valence-corrected chi connectivity index (χ1v) is 5.06. The van der Waals surface area contributed by atoms with E-state index in [1.54, 1.807) is 6.07 Å². The third-order valence-electron chi connectivity index (χ3n) is 2.45. The molecule has 1 aromatic heterocycles. The molecule has 0 aliphatic rings. The minimum absolute atomic E-state index is 0.223. The summed E-state index contributed by atoms with van der Waals surface area (Å²) in [4.78, 5) is 2.69. The number of hydrogen-bond donors (Lipinski definition) is 0. The highest BCUT2D eigenvalue weighted by molar-refractivity contribution is 5.80. The Kier molecular flexibility index (Phi) is 3.08. The maximum Gasteiger partial charge on any atom is 0.123 e. The van der Waals surface area contributed by atoms with Crippen molar-refractivity contribution < 1.29 is 4.39 Å². The fraction of sp³-hybridized carbons (Fsp3) is 0.273. The maximum atomic E-state index is 12.9. The third kappa shape index (κ3) is 2.15. The van der Waals surface area contributed by atoms with Crippen LogP contribution in [0.4, 0.5) is 4.39 Å². The number of azide groups is 1. The predicted octanol–water partition coefficient (Wildman–Crippen LogP) is 3.48. The number of rotatable bonds is 4. The Morgan fingerprint density at radius 1 is 1.38 bits per heavy atom. The SMILES string of the molecule is [N-]=[N+]=NCCCn1ccc2cc(F)ccc21. The smallest absolute Gasteiger partial charge is 0.123 e. The predicted molar refractivity (Wildman–Crippen MR) is 60.5 cm³/mol. The topological polar surface area (TPSA) is 53.7 Å². The molecule has 0 saturated carbocycles. The van der Waals surface area contributed by atoms with Crippen LogP contribution in [0, 0.1) is 5.82 Å². The van der Waals surface area contributed by atoms with E-state index in [0.717, 1.165) is 23.9 Å². The molecule has 0 spiro atoms. The molecule has 0 saturated heterocycles. The van der Waals surface area contributed by atoms with Crippen molar-refractivity contribution >= 4 is 10.9 Å². The molecule has 0 aliphatic heterocycles. The Labute approximate surface area is 91.9 Å². The van der Waals surface area contributed by atoms with Gasteiger partial charge in [-0.05, 0) is 36.2 Å². The summed E-state index contributed by atoms with van der Waals surface area (Å²) < 4.78 is 15.0. The van der Waals surface area contributed by atoms with Crippen LogP contribution in [0.5, 0.6) is 0 Å². The lowest BCUT2D eigenvalue weighted by atomic mass is 10.2. The third-order valence-corrected chi connectivity index (χ3v) is 2.45. The highest BCUT2D eigenvalue weighted by Crippen LogP contribution is 2.17. The van der Waals surface area contributed by atoms with Gasteiger partial charge in [0.25, 0.3) is 0 Å². The average Bonchev–Trinajstić information content (AvgIpc) is 2.67. The molecule has 0 bridgehead atoms. The number of aromatic nitrogens is 1. The van der Waals surface area contributed by atoms with Crippen LogP contribution in [0.2, 0.25) is 0 Å². The Hall–Kier alpha value is -2.00. The Bertz CT molecular complexity index is 540. The van der Waals surface area contributed by atoms with E-state index in [-0.39, 0.29) is 5.82 Å². The first-order valence-electron chi connectivity index (χ1n) is 5.06. The molecule has 1 aromatic carbocycles.